The predicted octanol–water partition coefficient (Wildman–Crippen LogP) is 1.67. The van der Waals surface area contributed by atoms with E-state index in [4.69, 9.17) is 17.3 Å². The largest absolute Gasteiger partial charge is 0.378 e. The van der Waals surface area contributed by atoms with E-state index in [0.717, 1.165) is 19.3 Å². The van der Waals surface area contributed by atoms with Gasteiger partial charge in [0.2, 0.25) is 11.1 Å². The van der Waals surface area contributed by atoms with Crippen LogP contribution in [0.2, 0.25) is 5.28 Å². The van der Waals surface area contributed by atoms with Crippen LogP contribution in [0.5, 0.6) is 0 Å². The Morgan fingerprint density at radius 3 is 2.50 bits per heavy atom. The first-order valence-corrected chi connectivity index (χ1v) is 5.37. The standard InChI is InChI=1S/C9H9ClN4O2/c10-8-12-6(9-1-4(2-9)3-9)5(14(15)16)7(11)13-8/h4H,1-3H2,(H2,11,12,13). The molecule has 6 nitrogen and oxygen atoms in total. The van der Waals surface area contributed by atoms with E-state index >= 15 is 0 Å². The smallest absolute Gasteiger partial charge is 0.333 e. The fourth-order valence-electron chi connectivity index (χ4n) is 2.76. The first-order valence-electron chi connectivity index (χ1n) is 5.00. The number of nitrogens with two attached hydrogens (primary N) is 1. The lowest BCUT2D eigenvalue weighted by Gasteiger charge is -2.60. The third-order valence-electron chi connectivity index (χ3n) is 3.61. The van der Waals surface area contributed by atoms with Crippen LogP contribution in [0, 0.1) is 16.0 Å². The van der Waals surface area contributed by atoms with Gasteiger partial charge in [-0.05, 0) is 36.8 Å². The van der Waals surface area contributed by atoms with E-state index in [0.29, 0.717) is 11.6 Å². The molecule has 0 unspecified atom stereocenters. The minimum Gasteiger partial charge on any atom is -0.378 e. The van der Waals surface area contributed by atoms with Gasteiger partial charge in [0.15, 0.2) is 0 Å². The molecule has 4 rings (SSSR count). The van der Waals surface area contributed by atoms with Gasteiger partial charge in [0.1, 0.15) is 5.69 Å². The SMILES string of the molecule is Nc1nc(Cl)nc(C23CC(C2)C3)c1[N+](=O)[O-]. The van der Waals surface area contributed by atoms with Crippen LogP contribution in [-0.2, 0) is 5.41 Å². The normalized spacial score (nSPS) is 30.4. The fraction of sp³-hybridized carbons (Fsp3) is 0.556. The minimum atomic E-state index is -0.513. The van der Waals surface area contributed by atoms with Gasteiger partial charge in [0.05, 0.1) is 4.92 Å². The van der Waals surface area contributed by atoms with Crippen LogP contribution >= 0.6 is 11.6 Å². The molecule has 3 fully saturated rings. The lowest BCUT2D eigenvalue weighted by Crippen LogP contribution is -2.56. The van der Waals surface area contributed by atoms with Crippen molar-refractivity contribution in [1.29, 1.82) is 0 Å². The summed E-state index contributed by atoms with van der Waals surface area (Å²) in [6.07, 6.45) is 2.88. The number of hydrogen-bond donors (Lipinski definition) is 1. The van der Waals surface area contributed by atoms with Crippen molar-refractivity contribution in [3.8, 4) is 0 Å². The van der Waals surface area contributed by atoms with Gasteiger partial charge in [-0.2, -0.15) is 4.98 Å². The summed E-state index contributed by atoms with van der Waals surface area (Å²) >= 11 is 5.71. The summed E-state index contributed by atoms with van der Waals surface area (Å²) in [5.41, 5.74) is 5.66. The number of nitrogen functional groups attached to an aromatic ring is 1. The van der Waals surface area contributed by atoms with E-state index in [1.807, 2.05) is 0 Å². The highest BCUT2D eigenvalue weighted by Gasteiger charge is 2.61. The lowest BCUT2D eigenvalue weighted by molar-refractivity contribution is -0.386. The zero-order valence-corrected chi connectivity index (χ0v) is 9.07. The highest BCUT2D eigenvalue weighted by Crippen LogP contribution is 2.66. The monoisotopic (exact) mass is 240 g/mol. The molecule has 16 heavy (non-hydrogen) atoms. The number of halogens is 1. The average molecular weight is 241 g/mol. The summed E-state index contributed by atoms with van der Waals surface area (Å²) < 4.78 is 0. The van der Waals surface area contributed by atoms with E-state index in [-0.39, 0.29) is 22.2 Å². The van der Waals surface area contributed by atoms with E-state index in [9.17, 15) is 10.1 Å². The molecule has 0 atom stereocenters. The molecule has 3 aliphatic rings. The van der Waals surface area contributed by atoms with E-state index in [2.05, 4.69) is 9.97 Å². The second-order valence-corrected chi connectivity index (χ2v) is 4.93. The Bertz CT molecular complexity index is 488. The van der Waals surface area contributed by atoms with Crippen LogP contribution < -0.4 is 5.73 Å². The van der Waals surface area contributed by atoms with E-state index < -0.39 is 4.92 Å². The van der Waals surface area contributed by atoms with Gasteiger partial charge >= 0.3 is 5.69 Å². The van der Waals surface area contributed by atoms with Gasteiger partial charge < -0.3 is 5.73 Å². The molecule has 1 aromatic rings. The molecule has 0 saturated heterocycles. The Hall–Kier alpha value is -1.43. The van der Waals surface area contributed by atoms with Crippen molar-refractivity contribution in [2.24, 2.45) is 5.92 Å². The highest BCUT2D eigenvalue weighted by atomic mass is 35.5. The predicted molar refractivity (Wildman–Crippen MR) is 57.1 cm³/mol. The summed E-state index contributed by atoms with van der Waals surface area (Å²) in [5.74, 6) is 0.569. The summed E-state index contributed by atoms with van der Waals surface area (Å²) in [5, 5.41) is 10.9. The molecule has 1 heterocycles. The maximum absolute atomic E-state index is 11.0. The van der Waals surface area contributed by atoms with Crippen molar-refractivity contribution in [3.05, 3.63) is 21.1 Å². The minimum absolute atomic E-state index is 0.0113. The lowest BCUT2D eigenvalue weighted by atomic mass is 9.43. The Morgan fingerprint density at radius 1 is 1.44 bits per heavy atom. The Labute approximate surface area is 96.0 Å². The molecular formula is C9H9ClN4O2. The van der Waals surface area contributed by atoms with E-state index in [1.54, 1.807) is 0 Å². The summed E-state index contributed by atoms with van der Waals surface area (Å²) in [6.45, 7) is 0. The number of hydrogen-bond acceptors (Lipinski definition) is 5. The van der Waals surface area contributed by atoms with Crippen LogP contribution in [-0.4, -0.2) is 14.9 Å². The number of aromatic nitrogens is 2. The van der Waals surface area contributed by atoms with Crippen molar-refractivity contribution in [1.82, 2.24) is 9.97 Å². The van der Waals surface area contributed by atoms with Crippen LogP contribution in [0.1, 0.15) is 25.0 Å². The molecule has 3 aliphatic carbocycles. The topological polar surface area (TPSA) is 94.9 Å². The van der Waals surface area contributed by atoms with Gasteiger partial charge in [-0.15, -0.1) is 0 Å². The molecule has 2 bridgehead atoms. The maximum Gasteiger partial charge on any atom is 0.333 e. The van der Waals surface area contributed by atoms with Gasteiger partial charge in [0.25, 0.3) is 0 Å². The first kappa shape index (κ1) is 9.77. The summed E-state index contributed by atoms with van der Waals surface area (Å²) in [7, 11) is 0. The third-order valence-corrected chi connectivity index (χ3v) is 3.78. The molecule has 3 saturated carbocycles. The molecule has 1 aromatic heterocycles. The summed E-state index contributed by atoms with van der Waals surface area (Å²) in [6, 6.07) is 0. The van der Waals surface area contributed by atoms with Crippen LogP contribution in [0.25, 0.3) is 0 Å². The average Bonchev–Trinajstić information content (AvgIpc) is 1.94. The second-order valence-electron chi connectivity index (χ2n) is 4.59. The van der Waals surface area contributed by atoms with Crippen molar-refractivity contribution >= 4 is 23.1 Å². The van der Waals surface area contributed by atoms with Crippen LogP contribution in [0.4, 0.5) is 11.5 Å². The third kappa shape index (κ3) is 1.07. The second kappa shape index (κ2) is 2.82. The Kier molecular flexibility index (Phi) is 1.72. The number of nitro groups is 1. The van der Waals surface area contributed by atoms with Gasteiger partial charge in [0, 0.05) is 5.41 Å². The Morgan fingerprint density at radius 2 is 2.06 bits per heavy atom. The zero-order chi connectivity index (χ0) is 11.5. The number of nitrogens with zero attached hydrogens (tertiary/aromatic N) is 3. The maximum atomic E-state index is 11.0. The molecule has 7 heteroatoms. The molecule has 0 aromatic carbocycles. The number of rotatable bonds is 2. The summed E-state index contributed by atoms with van der Waals surface area (Å²) in [4.78, 5) is 18.1. The molecule has 84 valence electrons. The van der Waals surface area contributed by atoms with E-state index in [1.165, 1.54) is 0 Å². The van der Waals surface area contributed by atoms with Crippen molar-refractivity contribution in [2.45, 2.75) is 24.7 Å². The molecule has 0 aliphatic heterocycles. The first-order chi connectivity index (χ1) is 7.52. The molecule has 0 amide bonds. The van der Waals surface area contributed by atoms with Crippen molar-refractivity contribution < 1.29 is 4.92 Å². The quantitative estimate of drug-likeness (QED) is 0.482. The van der Waals surface area contributed by atoms with Crippen molar-refractivity contribution in [3.63, 3.8) is 0 Å². The van der Waals surface area contributed by atoms with Crippen LogP contribution in [0.15, 0.2) is 0 Å². The molecule has 2 N–H and O–H groups in total. The molecule has 0 spiro atoms. The fourth-order valence-corrected chi connectivity index (χ4v) is 2.94. The van der Waals surface area contributed by atoms with Gasteiger partial charge in [-0.3, -0.25) is 10.1 Å². The van der Waals surface area contributed by atoms with Gasteiger partial charge in [-0.1, -0.05) is 0 Å². The van der Waals surface area contributed by atoms with Crippen LogP contribution in [0.3, 0.4) is 0 Å². The Balaban J connectivity index is 2.17. The van der Waals surface area contributed by atoms with Crippen molar-refractivity contribution in [2.75, 3.05) is 5.73 Å². The molecule has 0 radical (unpaired) electrons. The number of anilines is 1. The zero-order valence-electron chi connectivity index (χ0n) is 8.31. The molecular weight excluding hydrogens is 232 g/mol. The highest BCUT2D eigenvalue weighted by molar-refractivity contribution is 6.28. The van der Waals surface area contributed by atoms with Gasteiger partial charge in [-0.25, -0.2) is 4.98 Å².